The van der Waals surface area contributed by atoms with Crippen molar-refractivity contribution in [2.45, 2.75) is 90.0 Å². The Hall–Kier alpha value is -3.93. The molecule has 43 heavy (non-hydrogen) atoms. The smallest absolute Gasteiger partial charge is 0.331 e. The van der Waals surface area contributed by atoms with Crippen molar-refractivity contribution in [1.82, 2.24) is 15.1 Å². The molecule has 0 aromatic heterocycles. The number of rotatable bonds is 7. The van der Waals surface area contributed by atoms with Crippen molar-refractivity contribution in [3.63, 3.8) is 0 Å². The van der Waals surface area contributed by atoms with Crippen LogP contribution >= 0.6 is 0 Å². The number of aliphatic carboxylic acids is 1. The van der Waals surface area contributed by atoms with Crippen molar-refractivity contribution >= 4 is 41.5 Å². The lowest BCUT2D eigenvalue weighted by Crippen LogP contribution is -2.56. The van der Waals surface area contributed by atoms with E-state index in [-0.39, 0.29) is 18.1 Å². The van der Waals surface area contributed by atoms with Gasteiger partial charge in [0.25, 0.3) is 0 Å². The number of nitrogens with zero attached hydrogens (tertiary/aromatic N) is 3. The molecule has 0 saturated carbocycles. The number of carbonyl (C=O) groups excluding carboxylic acids is 5. The summed E-state index contributed by atoms with van der Waals surface area (Å²) in [5, 5.41) is 12.8. The average molecular weight is 595 g/mol. The van der Waals surface area contributed by atoms with E-state index in [4.69, 9.17) is 9.73 Å². The first-order chi connectivity index (χ1) is 20.6. The summed E-state index contributed by atoms with van der Waals surface area (Å²) in [5.74, 6) is -6.90. The molecule has 5 amide bonds. The fraction of sp³-hybridized carbons (Fsp3) is 0.581. The van der Waals surface area contributed by atoms with Gasteiger partial charge in [-0.15, -0.1) is 0 Å². The summed E-state index contributed by atoms with van der Waals surface area (Å²) in [6.45, 7) is 5.16. The molecular formula is C31H38N4O8. The molecule has 230 valence electrons. The number of allylic oxidation sites excluding steroid dienone is 4. The van der Waals surface area contributed by atoms with E-state index in [1.807, 2.05) is 38.2 Å². The second kappa shape index (κ2) is 12.4. The predicted octanol–water partition coefficient (Wildman–Crippen LogP) is 2.11. The molecule has 5 rings (SSSR count). The second-order valence-corrected chi connectivity index (χ2v) is 11.8. The fourth-order valence-corrected chi connectivity index (χ4v) is 6.82. The van der Waals surface area contributed by atoms with Crippen LogP contribution in [0.4, 0.5) is 0 Å². The number of guanidine groups is 1. The van der Waals surface area contributed by atoms with E-state index < -0.39 is 83.3 Å². The molecule has 5 aliphatic rings. The maximum atomic E-state index is 13.8. The number of nitrogens with one attached hydrogen (secondary N) is 1. The first-order valence-corrected chi connectivity index (χ1v) is 15.1. The molecule has 12 nitrogen and oxygen atoms in total. The Morgan fingerprint density at radius 2 is 1.33 bits per heavy atom. The summed E-state index contributed by atoms with van der Waals surface area (Å²) >= 11 is 0. The highest BCUT2D eigenvalue weighted by Gasteiger charge is 2.56. The zero-order chi connectivity index (χ0) is 31.0. The first-order valence-electron chi connectivity index (χ1n) is 15.1. The Morgan fingerprint density at radius 3 is 1.70 bits per heavy atom. The van der Waals surface area contributed by atoms with E-state index in [0.717, 1.165) is 9.80 Å². The van der Waals surface area contributed by atoms with Gasteiger partial charge in [0.05, 0.1) is 48.0 Å². The van der Waals surface area contributed by atoms with Crippen LogP contribution in [-0.2, 0) is 33.5 Å². The highest BCUT2D eigenvalue weighted by molar-refractivity contribution is 6.26. The lowest BCUT2D eigenvalue weighted by Gasteiger charge is -2.37. The Bertz CT molecular complexity index is 1230. The predicted molar refractivity (Wildman–Crippen MR) is 153 cm³/mol. The molecule has 7 atom stereocenters. The fourth-order valence-electron chi connectivity index (χ4n) is 6.82. The lowest BCUT2D eigenvalue weighted by atomic mass is 9.85. The summed E-state index contributed by atoms with van der Waals surface area (Å²) < 4.78 is 6.25. The molecule has 2 aliphatic heterocycles. The van der Waals surface area contributed by atoms with E-state index in [0.29, 0.717) is 38.5 Å². The van der Waals surface area contributed by atoms with Crippen molar-refractivity contribution in [1.29, 1.82) is 0 Å². The van der Waals surface area contributed by atoms with Gasteiger partial charge in [-0.25, -0.2) is 19.6 Å². The van der Waals surface area contributed by atoms with Crippen LogP contribution in [0.1, 0.15) is 65.7 Å². The number of fused-ring (bicyclic) bond motifs is 2. The maximum Gasteiger partial charge on any atom is 0.331 e. The van der Waals surface area contributed by atoms with Gasteiger partial charge in [0, 0.05) is 18.9 Å². The molecule has 2 N–H and O–H groups in total. The molecule has 0 aromatic carbocycles. The standard InChI is InChI=1S/C31H38N4O8/c1-4-18(5-2)43-24-15-17(30(41)42)14-23(25(24)32-16(3)36)33-31(34-26(37)19-10-6-7-11-20(19)27(34)38)35-28(39)21-12-8-9-13-22(21)29(35)40/h6-9,15,18-25H,4-5,10-14H2,1-3H3,(H,32,36)(H,41,42)/t19-,20+,21-,22+,23-,24+,25+/m0/s1. The Balaban J connectivity index is 1.63. The quantitative estimate of drug-likeness (QED) is 0.196. The summed E-state index contributed by atoms with van der Waals surface area (Å²) in [6.07, 6.45) is 10.1. The Kier molecular flexibility index (Phi) is 8.77. The zero-order valence-corrected chi connectivity index (χ0v) is 24.6. The van der Waals surface area contributed by atoms with Gasteiger partial charge >= 0.3 is 5.97 Å². The minimum Gasteiger partial charge on any atom is -0.478 e. The summed E-state index contributed by atoms with van der Waals surface area (Å²) in [4.78, 5) is 86.1. The minimum atomic E-state index is -1.21. The second-order valence-electron chi connectivity index (χ2n) is 11.8. The van der Waals surface area contributed by atoms with Crippen molar-refractivity contribution in [3.05, 3.63) is 36.0 Å². The van der Waals surface area contributed by atoms with Crippen molar-refractivity contribution in [2.75, 3.05) is 0 Å². The summed E-state index contributed by atoms with van der Waals surface area (Å²) in [7, 11) is 0. The SMILES string of the molecule is CCC(CC)O[C@@H]1C=C(C(=O)O)C[C@H](N=C(N2C(=O)[C@H]3CC=CC[C@H]3C2=O)N2C(=O)[C@H]3CC=CC[C@H]3C2=O)[C@H]1NC(C)=O. The molecule has 12 heteroatoms. The van der Waals surface area contributed by atoms with Crippen molar-refractivity contribution in [3.8, 4) is 0 Å². The Labute approximate surface area is 249 Å². The van der Waals surface area contributed by atoms with Crippen molar-refractivity contribution < 1.29 is 38.6 Å². The third kappa shape index (κ3) is 5.60. The molecule has 2 fully saturated rings. The number of imide groups is 2. The third-order valence-corrected chi connectivity index (χ3v) is 9.16. The van der Waals surface area contributed by atoms with Gasteiger partial charge in [0.1, 0.15) is 0 Å². The molecule has 2 heterocycles. The summed E-state index contributed by atoms with van der Waals surface area (Å²) in [5.41, 5.74) is -0.0282. The largest absolute Gasteiger partial charge is 0.478 e. The van der Waals surface area contributed by atoms with Crippen LogP contribution in [0.25, 0.3) is 0 Å². The minimum absolute atomic E-state index is 0.0282. The number of hydrogen-bond acceptors (Lipinski definition) is 8. The third-order valence-electron chi connectivity index (χ3n) is 9.16. The summed E-state index contributed by atoms with van der Waals surface area (Å²) in [6, 6.07) is -1.97. The van der Waals surface area contributed by atoms with E-state index in [9.17, 15) is 33.9 Å². The van der Waals surface area contributed by atoms with Gasteiger partial charge in [-0.05, 0) is 44.6 Å². The van der Waals surface area contributed by atoms with Crippen molar-refractivity contribution in [2.24, 2.45) is 28.7 Å². The van der Waals surface area contributed by atoms with Crippen LogP contribution in [0.2, 0.25) is 0 Å². The van der Waals surface area contributed by atoms with Gasteiger partial charge < -0.3 is 15.2 Å². The molecule has 0 spiro atoms. The first kappa shape index (κ1) is 30.5. The Morgan fingerprint density at radius 1 is 0.884 bits per heavy atom. The zero-order valence-electron chi connectivity index (χ0n) is 24.6. The molecule has 0 radical (unpaired) electrons. The van der Waals surface area contributed by atoms with Gasteiger partial charge in [-0.1, -0.05) is 38.2 Å². The molecule has 0 aromatic rings. The van der Waals surface area contributed by atoms with Crippen LogP contribution in [0.15, 0.2) is 40.9 Å². The van der Waals surface area contributed by atoms with Crippen LogP contribution in [0.5, 0.6) is 0 Å². The van der Waals surface area contributed by atoms with Crippen LogP contribution in [-0.4, -0.2) is 80.7 Å². The molecular weight excluding hydrogens is 556 g/mol. The van der Waals surface area contributed by atoms with Gasteiger partial charge in [-0.3, -0.25) is 24.0 Å². The number of likely N-dealkylation sites (tertiary alicyclic amines) is 2. The number of ether oxygens (including phenoxy) is 1. The highest BCUT2D eigenvalue weighted by atomic mass is 16.5. The van der Waals surface area contributed by atoms with Gasteiger partial charge in [-0.2, -0.15) is 0 Å². The average Bonchev–Trinajstić information content (AvgIpc) is 3.40. The molecule has 0 bridgehead atoms. The number of carbonyl (C=O) groups is 6. The molecule has 3 aliphatic carbocycles. The lowest BCUT2D eigenvalue weighted by molar-refractivity contribution is -0.139. The molecule has 0 unspecified atom stereocenters. The van der Waals surface area contributed by atoms with Crippen LogP contribution in [0.3, 0.4) is 0 Å². The number of hydrogen-bond donors (Lipinski definition) is 2. The van der Waals surface area contributed by atoms with Gasteiger partial charge in [0.2, 0.25) is 35.5 Å². The topological polar surface area (TPSA) is 163 Å². The van der Waals surface area contributed by atoms with E-state index in [1.165, 1.54) is 13.0 Å². The van der Waals surface area contributed by atoms with E-state index in [2.05, 4.69) is 5.32 Å². The monoisotopic (exact) mass is 594 g/mol. The highest BCUT2D eigenvalue weighted by Crippen LogP contribution is 2.40. The van der Waals surface area contributed by atoms with Crippen LogP contribution in [0, 0.1) is 23.7 Å². The van der Waals surface area contributed by atoms with E-state index >= 15 is 0 Å². The molecule has 2 saturated heterocycles. The normalized spacial score (nSPS) is 31.7. The van der Waals surface area contributed by atoms with E-state index in [1.54, 1.807) is 0 Å². The number of carboxylic acids is 1. The number of aliphatic imine (C=N–C) groups is 1. The number of carboxylic acid groups (broad SMARTS) is 1. The maximum absolute atomic E-state index is 13.8. The van der Waals surface area contributed by atoms with Crippen LogP contribution < -0.4 is 5.32 Å². The van der Waals surface area contributed by atoms with Gasteiger partial charge in [0.15, 0.2) is 0 Å². The number of amides is 5.